The Labute approximate surface area is 113 Å². The van der Waals surface area contributed by atoms with Crippen LogP contribution in [-0.4, -0.2) is 61.3 Å². The van der Waals surface area contributed by atoms with Crippen LogP contribution in [0.2, 0.25) is 0 Å². The fourth-order valence-corrected chi connectivity index (χ4v) is 2.16. The van der Waals surface area contributed by atoms with Crippen LogP contribution in [0.5, 0.6) is 0 Å². The molecule has 0 aromatic heterocycles. The van der Waals surface area contributed by atoms with E-state index in [0.29, 0.717) is 13.1 Å². The van der Waals surface area contributed by atoms with Crippen LogP contribution in [0, 0.1) is 0 Å². The summed E-state index contributed by atoms with van der Waals surface area (Å²) in [7, 11) is 0. The average Bonchev–Trinajstić information content (AvgIpc) is 2.42. The topological polar surface area (TPSA) is 52.7 Å². The number of benzene rings is 1. The van der Waals surface area contributed by atoms with Gasteiger partial charge in [0.2, 0.25) is 5.91 Å². The highest BCUT2D eigenvalue weighted by atomic mass is 16.2. The van der Waals surface area contributed by atoms with Crippen LogP contribution in [0.1, 0.15) is 0 Å². The maximum atomic E-state index is 11.9. The number of nitrogens with zero attached hydrogens (tertiary/aromatic N) is 2. The van der Waals surface area contributed by atoms with Gasteiger partial charge >= 0.3 is 0 Å². The van der Waals surface area contributed by atoms with Crippen molar-refractivity contribution in [3.05, 3.63) is 30.3 Å². The minimum atomic E-state index is 0.00929. The molecule has 1 amide bonds. The lowest BCUT2D eigenvalue weighted by Crippen LogP contribution is -2.48. The minimum Gasteiger partial charge on any atom is -0.325 e. The van der Waals surface area contributed by atoms with E-state index in [2.05, 4.69) is 15.1 Å². The van der Waals surface area contributed by atoms with Crippen LogP contribution in [0.4, 0.5) is 5.69 Å². The third kappa shape index (κ3) is 4.46. The number of amides is 1. The van der Waals surface area contributed by atoms with Gasteiger partial charge in [0, 0.05) is 31.9 Å². The first-order chi connectivity index (χ1) is 9.28. The molecular weight excluding hydrogens is 242 g/mol. The number of anilines is 1. The monoisotopic (exact) mass is 261 g/mol. The maximum absolute atomic E-state index is 11.9. The van der Waals surface area contributed by atoms with Crippen LogP contribution >= 0.6 is 0 Å². The summed E-state index contributed by atoms with van der Waals surface area (Å²) in [4.78, 5) is 26.5. The first kappa shape index (κ1) is 13.7. The number of piperazine rings is 1. The molecule has 0 aliphatic carbocycles. The van der Waals surface area contributed by atoms with Crippen molar-refractivity contribution in [3.63, 3.8) is 0 Å². The molecule has 1 fully saturated rings. The standard InChI is InChI=1S/C14H19N3O2/c18-11-10-16-6-8-17(9-7-16)12-14(19)15-13-4-2-1-3-5-13/h1-5,11H,6-10,12H2,(H,15,19). The van der Waals surface area contributed by atoms with E-state index in [9.17, 15) is 9.59 Å². The number of carbonyl (C=O) groups is 2. The number of hydrogen-bond donors (Lipinski definition) is 1. The molecule has 0 radical (unpaired) electrons. The summed E-state index contributed by atoms with van der Waals surface area (Å²) >= 11 is 0. The van der Waals surface area contributed by atoms with E-state index in [0.717, 1.165) is 38.2 Å². The zero-order valence-electron chi connectivity index (χ0n) is 10.9. The normalized spacial score (nSPS) is 17.1. The second-order valence-electron chi connectivity index (χ2n) is 4.66. The third-order valence-electron chi connectivity index (χ3n) is 3.22. The molecule has 1 saturated heterocycles. The van der Waals surface area contributed by atoms with Crippen molar-refractivity contribution in [2.75, 3.05) is 44.6 Å². The molecule has 5 heteroatoms. The highest BCUT2D eigenvalue weighted by Crippen LogP contribution is 2.06. The van der Waals surface area contributed by atoms with E-state index >= 15 is 0 Å². The highest BCUT2D eigenvalue weighted by molar-refractivity contribution is 5.92. The quantitative estimate of drug-likeness (QED) is 0.782. The van der Waals surface area contributed by atoms with Crippen molar-refractivity contribution >= 4 is 17.9 Å². The SMILES string of the molecule is O=CCN1CCN(CC(=O)Nc2ccccc2)CC1. The van der Waals surface area contributed by atoms with Crippen LogP contribution < -0.4 is 5.32 Å². The second kappa shape index (κ2) is 7.01. The molecule has 0 bridgehead atoms. The molecule has 0 saturated carbocycles. The molecule has 0 atom stereocenters. The van der Waals surface area contributed by atoms with Crippen molar-refractivity contribution in [2.24, 2.45) is 0 Å². The number of nitrogens with one attached hydrogen (secondary N) is 1. The van der Waals surface area contributed by atoms with Crippen LogP contribution in [0.25, 0.3) is 0 Å². The van der Waals surface area contributed by atoms with Crippen molar-refractivity contribution < 1.29 is 9.59 Å². The molecule has 1 aromatic carbocycles. The first-order valence-electron chi connectivity index (χ1n) is 6.51. The van der Waals surface area contributed by atoms with Gasteiger partial charge in [-0.25, -0.2) is 0 Å². The molecule has 19 heavy (non-hydrogen) atoms. The highest BCUT2D eigenvalue weighted by Gasteiger charge is 2.18. The predicted molar refractivity (Wildman–Crippen MR) is 74.0 cm³/mol. The Hall–Kier alpha value is -1.72. The lowest BCUT2D eigenvalue weighted by Gasteiger charge is -2.33. The van der Waals surface area contributed by atoms with Crippen LogP contribution in [-0.2, 0) is 9.59 Å². The molecular formula is C14H19N3O2. The number of para-hydroxylation sites is 1. The third-order valence-corrected chi connectivity index (χ3v) is 3.22. The van der Waals surface area contributed by atoms with Gasteiger partial charge in [-0.1, -0.05) is 18.2 Å². The molecule has 1 heterocycles. The van der Waals surface area contributed by atoms with Crippen LogP contribution in [0.3, 0.4) is 0 Å². The van der Waals surface area contributed by atoms with Gasteiger partial charge in [0.15, 0.2) is 0 Å². The zero-order chi connectivity index (χ0) is 13.5. The smallest absolute Gasteiger partial charge is 0.238 e. The number of rotatable bonds is 5. The molecule has 2 rings (SSSR count). The summed E-state index contributed by atoms with van der Waals surface area (Å²) in [6, 6.07) is 9.46. The molecule has 0 spiro atoms. The summed E-state index contributed by atoms with van der Waals surface area (Å²) in [6.07, 6.45) is 0.928. The summed E-state index contributed by atoms with van der Waals surface area (Å²) in [6.45, 7) is 4.24. The fourth-order valence-electron chi connectivity index (χ4n) is 2.16. The lowest BCUT2D eigenvalue weighted by atomic mass is 10.3. The maximum Gasteiger partial charge on any atom is 0.238 e. The van der Waals surface area contributed by atoms with Gasteiger partial charge in [-0.2, -0.15) is 0 Å². The predicted octanol–water partition coefficient (Wildman–Crippen LogP) is 0.442. The summed E-state index contributed by atoms with van der Waals surface area (Å²) < 4.78 is 0. The van der Waals surface area contributed by atoms with Crippen molar-refractivity contribution in [1.29, 1.82) is 0 Å². The van der Waals surface area contributed by atoms with Gasteiger partial charge in [-0.3, -0.25) is 14.6 Å². The minimum absolute atomic E-state index is 0.00929. The van der Waals surface area contributed by atoms with E-state index < -0.39 is 0 Å². The molecule has 1 aromatic rings. The van der Waals surface area contributed by atoms with E-state index in [1.807, 2.05) is 30.3 Å². The number of aldehydes is 1. The Kier molecular flexibility index (Phi) is 5.06. The molecule has 1 N–H and O–H groups in total. The van der Waals surface area contributed by atoms with Crippen LogP contribution in [0.15, 0.2) is 30.3 Å². The van der Waals surface area contributed by atoms with E-state index in [1.54, 1.807) is 0 Å². The van der Waals surface area contributed by atoms with Gasteiger partial charge in [0.05, 0.1) is 13.1 Å². The fraction of sp³-hybridized carbons (Fsp3) is 0.429. The van der Waals surface area contributed by atoms with Gasteiger partial charge in [-0.05, 0) is 12.1 Å². The molecule has 0 unspecified atom stereocenters. The Bertz CT molecular complexity index is 414. The Morgan fingerprint density at radius 2 is 1.74 bits per heavy atom. The first-order valence-corrected chi connectivity index (χ1v) is 6.51. The number of carbonyl (C=O) groups excluding carboxylic acids is 2. The van der Waals surface area contributed by atoms with Crippen molar-refractivity contribution in [2.45, 2.75) is 0 Å². The van der Waals surface area contributed by atoms with E-state index in [4.69, 9.17) is 0 Å². The molecule has 1 aliphatic rings. The van der Waals surface area contributed by atoms with Gasteiger partial charge in [-0.15, -0.1) is 0 Å². The molecule has 102 valence electrons. The van der Waals surface area contributed by atoms with Gasteiger partial charge in [0.1, 0.15) is 6.29 Å². The van der Waals surface area contributed by atoms with Crippen molar-refractivity contribution in [3.8, 4) is 0 Å². The van der Waals surface area contributed by atoms with E-state index in [1.165, 1.54) is 0 Å². The molecule has 1 aliphatic heterocycles. The largest absolute Gasteiger partial charge is 0.325 e. The van der Waals surface area contributed by atoms with E-state index in [-0.39, 0.29) is 5.91 Å². The average molecular weight is 261 g/mol. The Balaban J connectivity index is 1.73. The van der Waals surface area contributed by atoms with Gasteiger partial charge < -0.3 is 10.1 Å². The summed E-state index contributed by atoms with van der Waals surface area (Å²) in [5.74, 6) is 0.00929. The number of hydrogen-bond acceptors (Lipinski definition) is 4. The summed E-state index contributed by atoms with van der Waals surface area (Å²) in [5, 5.41) is 2.88. The second-order valence-corrected chi connectivity index (χ2v) is 4.66. The zero-order valence-corrected chi connectivity index (χ0v) is 10.9. The summed E-state index contributed by atoms with van der Waals surface area (Å²) in [5.41, 5.74) is 0.826. The molecule has 5 nitrogen and oxygen atoms in total. The van der Waals surface area contributed by atoms with Crippen molar-refractivity contribution in [1.82, 2.24) is 9.80 Å². The Morgan fingerprint density at radius 1 is 1.11 bits per heavy atom. The lowest BCUT2D eigenvalue weighted by molar-refractivity contribution is -0.118. The van der Waals surface area contributed by atoms with Gasteiger partial charge in [0.25, 0.3) is 0 Å². The Morgan fingerprint density at radius 3 is 2.37 bits per heavy atom.